The van der Waals surface area contributed by atoms with Crippen LogP contribution in [0.2, 0.25) is 0 Å². The average molecular weight is 419 g/mol. The van der Waals surface area contributed by atoms with Gasteiger partial charge in [-0.3, -0.25) is 4.79 Å². The van der Waals surface area contributed by atoms with Crippen LogP contribution in [0.4, 0.5) is 0 Å². The summed E-state index contributed by atoms with van der Waals surface area (Å²) < 4.78 is 41.0. The molecule has 29 heavy (non-hydrogen) atoms. The molecule has 0 spiro atoms. The summed E-state index contributed by atoms with van der Waals surface area (Å²) in [6.07, 6.45) is 1.99. The predicted octanol–water partition coefficient (Wildman–Crippen LogP) is 2.99. The van der Waals surface area contributed by atoms with Crippen molar-refractivity contribution in [2.24, 2.45) is 0 Å². The first kappa shape index (κ1) is 21.1. The fraction of sp³-hybridized carbons (Fsp3) is 0.381. The maximum absolute atomic E-state index is 12.5. The van der Waals surface area contributed by atoms with Gasteiger partial charge in [0.1, 0.15) is 16.4 Å². The zero-order valence-corrected chi connectivity index (χ0v) is 17.4. The van der Waals surface area contributed by atoms with E-state index < -0.39 is 10.1 Å². The molecule has 0 aromatic heterocycles. The van der Waals surface area contributed by atoms with Crippen molar-refractivity contribution in [3.8, 4) is 11.5 Å². The summed E-state index contributed by atoms with van der Waals surface area (Å²) >= 11 is 0. The van der Waals surface area contributed by atoms with Crippen LogP contribution < -0.4 is 8.92 Å². The lowest BCUT2D eigenvalue weighted by Crippen LogP contribution is -2.35. The fourth-order valence-electron chi connectivity index (χ4n) is 3.17. The summed E-state index contributed by atoms with van der Waals surface area (Å²) in [5.74, 6) is 0.693. The van der Waals surface area contributed by atoms with Gasteiger partial charge in [-0.2, -0.15) is 8.42 Å². The van der Waals surface area contributed by atoms with Crippen molar-refractivity contribution in [2.75, 3.05) is 20.3 Å². The second-order valence-electron chi connectivity index (χ2n) is 6.89. The maximum atomic E-state index is 12.5. The van der Waals surface area contributed by atoms with Gasteiger partial charge in [-0.15, -0.1) is 0 Å². The Hall–Kier alpha value is -2.58. The van der Waals surface area contributed by atoms with Crippen LogP contribution in [0.15, 0.2) is 53.4 Å². The number of ether oxygens (including phenoxy) is 2. The third kappa shape index (κ3) is 5.71. The van der Waals surface area contributed by atoms with E-state index in [-0.39, 0.29) is 22.7 Å². The van der Waals surface area contributed by atoms with Crippen molar-refractivity contribution in [1.82, 2.24) is 4.90 Å². The number of hydrogen-bond acceptors (Lipinski definition) is 6. The third-order valence-corrected chi connectivity index (χ3v) is 5.98. The Labute approximate surface area is 171 Å². The lowest BCUT2D eigenvalue weighted by atomic mass is 10.1. The molecule has 0 saturated carbocycles. The molecule has 1 atom stereocenters. The van der Waals surface area contributed by atoms with Gasteiger partial charge in [0, 0.05) is 26.6 Å². The van der Waals surface area contributed by atoms with Crippen molar-refractivity contribution in [3.63, 3.8) is 0 Å². The van der Waals surface area contributed by atoms with Crippen LogP contribution in [0.3, 0.4) is 0 Å². The number of carbonyl (C=O) groups excluding carboxylic acids is 1. The average Bonchev–Trinajstić information content (AvgIpc) is 3.20. The molecule has 7 nitrogen and oxygen atoms in total. The normalized spacial score (nSPS) is 16.4. The van der Waals surface area contributed by atoms with E-state index in [9.17, 15) is 13.2 Å². The topological polar surface area (TPSA) is 82.1 Å². The minimum Gasteiger partial charge on any atom is -0.497 e. The van der Waals surface area contributed by atoms with Crippen LogP contribution in [0.1, 0.15) is 25.3 Å². The van der Waals surface area contributed by atoms with Crippen molar-refractivity contribution >= 4 is 16.0 Å². The van der Waals surface area contributed by atoms with Crippen LogP contribution >= 0.6 is 0 Å². The van der Waals surface area contributed by atoms with Gasteiger partial charge in [0.2, 0.25) is 5.91 Å². The van der Waals surface area contributed by atoms with E-state index >= 15 is 0 Å². The Balaban J connectivity index is 1.71. The summed E-state index contributed by atoms with van der Waals surface area (Å²) in [6.45, 7) is 3.12. The quantitative estimate of drug-likeness (QED) is 0.612. The zero-order valence-electron chi connectivity index (χ0n) is 16.5. The monoisotopic (exact) mass is 419 g/mol. The standard InChI is InChI=1S/C21H25NO6S/c1-16(23)22(15-20-7-4-12-27-20)14-17-5-3-6-19(13-17)28-29(24,25)21-10-8-18(26-2)9-11-21/h3,5-6,8-11,13,20H,4,7,12,14-15H2,1-2H3/t20-/m0/s1. The minimum absolute atomic E-state index is 0.0347. The number of benzene rings is 2. The van der Waals surface area contributed by atoms with Gasteiger partial charge in [0.25, 0.3) is 0 Å². The molecule has 1 saturated heterocycles. The van der Waals surface area contributed by atoms with Gasteiger partial charge in [0.15, 0.2) is 0 Å². The van der Waals surface area contributed by atoms with Crippen molar-refractivity contribution < 1.29 is 26.9 Å². The van der Waals surface area contributed by atoms with Crippen molar-refractivity contribution in [1.29, 1.82) is 0 Å². The molecule has 0 N–H and O–H groups in total. The van der Waals surface area contributed by atoms with Gasteiger partial charge < -0.3 is 18.6 Å². The molecule has 1 fully saturated rings. The highest BCUT2D eigenvalue weighted by atomic mass is 32.2. The summed E-state index contributed by atoms with van der Waals surface area (Å²) in [6, 6.07) is 12.7. The number of hydrogen-bond donors (Lipinski definition) is 0. The van der Waals surface area contributed by atoms with Gasteiger partial charge in [0.05, 0.1) is 13.2 Å². The molecule has 1 aliphatic heterocycles. The Morgan fingerprint density at radius 1 is 1.17 bits per heavy atom. The molecule has 156 valence electrons. The van der Waals surface area contributed by atoms with E-state index in [1.807, 2.05) is 6.07 Å². The van der Waals surface area contributed by atoms with Crippen LogP contribution in [-0.4, -0.2) is 45.6 Å². The van der Waals surface area contributed by atoms with Crippen molar-refractivity contribution in [3.05, 3.63) is 54.1 Å². The fourth-order valence-corrected chi connectivity index (χ4v) is 4.09. The van der Waals surface area contributed by atoms with E-state index in [4.69, 9.17) is 13.7 Å². The smallest absolute Gasteiger partial charge is 0.339 e. The van der Waals surface area contributed by atoms with Gasteiger partial charge in [-0.1, -0.05) is 12.1 Å². The predicted molar refractivity (Wildman–Crippen MR) is 107 cm³/mol. The molecule has 0 unspecified atom stereocenters. The number of carbonyl (C=O) groups is 1. The molecule has 0 aliphatic carbocycles. The molecule has 0 bridgehead atoms. The first-order valence-corrected chi connectivity index (χ1v) is 10.8. The van der Waals surface area contributed by atoms with Crippen molar-refractivity contribution in [2.45, 2.75) is 37.3 Å². The molecular formula is C21H25NO6S. The van der Waals surface area contributed by atoms with Crippen LogP contribution in [0.25, 0.3) is 0 Å². The Bertz CT molecular complexity index is 936. The van der Waals surface area contributed by atoms with Gasteiger partial charge >= 0.3 is 10.1 Å². The Kier molecular flexibility index (Phi) is 6.76. The first-order valence-electron chi connectivity index (χ1n) is 9.42. The summed E-state index contributed by atoms with van der Waals surface area (Å²) in [5, 5.41) is 0. The SMILES string of the molecule is COc1ccc(S(=O)(=O)Oc2cccc(CN(C[C@@H]3CCCO3)C(C)=O)c2)cc1. The third-order valence-electron chi connectivity index (χ3n) is 4.72. The molecule has 1 amide bonds. The molecule has 3 rings (SSSR count). The van der Waals surface area contributed by atoms with Gasteiger partial charge in [-0.05, 0) is 54.8 Å². The van der Waals surface area contributed by atoms with Crippen LogP contribution in [0.5, 0.6) is 11.5 Å². The van der Waals surface area contributed by atoms with E-state index in [2.05, 4.69) is 0 Å². The molecule has 2 aromatic carbocycles. The summed E-state index contributed by atoms with van der Waals surface area (Å²) in [5.41, 5.74) is 0.778. The molecule has 2 aromatic rings. The van der Waals surface area contributed by atoms with E-state index in [0.29, 0.717) is 18.8 Å². The van der Waals surface area contributed by atoms with E-state index in [1.54, 1.807) is 35.2 Å². The van der Waals surface area contributed by atoms with Crippen LogP contribution in [-0.2, 0) is 26.2 Å². The number of methoxy groups -OCH3 is 1. The highest BCUT2D eigenvalue weighted by molar-refractivity contribution is 7.87. The lowest BCUT2D eigenvalue weighted by molar-refractivity contribution is -0.131. The number of rotatable bonds is 8. The number of nitrogens with zero attached hydrogens (tertiary/aromatic N) is 1. The molecular weight excluding hydrogens is 394 g/mol. The minimum atomic E-state index is -3.97. The second kappa shape index (κ2) is 9.28. The summed E-state index contributed by atoms with van der Waals surface area (Å²) in [7, 11) is -2.47. The highest BCUT2D eigenvalue weighted by Gasteiger charge is 2.21. The molecule has 0 radical (unpaired) electrons. The van der Waals surface area contributed by atoms with Gasteiger partial charge in [-0.25, -0.2) is 0 Å². The lowest BCUT2D eigenvalue weighted by Gasteiger charge is -2.24. The Morgan fingerprint density at radius 2 is 1.93 bits per heavy atom. The van der Waals surface area contributed by atoms with E-state index in [1.165, 1.54) is 26.2 Å². The highest BCUT2D eigenvalue weighted by Crippen LogP contribution is 2.23. The summed E-state index contributed by atoms with van der Waals surface area (Å²) in [4.78, 5) is 13.8. The van der Waals surface area contributed by atoms with Crippen LogP contribution in [0, 0.1) is 0 Å². The second-order valence-corrected chi connectivity index (χ2v) is 8.44. The maximum Gasteiger partial charge on any atom is 0.339 e. The Morgan fingerprint density at radius 3 is 2.55 bits per heavy atom. The first-order chi connectivity index (χ1) is 13.9. The molecule has 1 heterocycles. The molecule has 1 aliphatic rings. The molecule has 8 heteroatoms. The largest absolute Gasteiger partial charge is 0.497 e. The number of amides is 1. The zero-order chi connectivity index (χ0) is 20.9. The van der Waals surface area contributed by atoms with E-state index in [0.717, 1.165) is 25.0 Å².